The first-order valence-electron chi connectivity index (χ1n) is 5.36. The van der Waals surface area contributed by atoms with Gasteiger partial charge in [0.05, 0.1) is 11.7 Å². The molecule has 0 aliphatic heterocycles. The summed E-state index contributed by atoms with van der Waals surface area (Å²) in [5.41, 5.74) is -0.138. The summed E-state index contributed by atoms with van der Waals surface area (Å²) in [4.78, 5) is 11.6. The largest absolute Gasteiger partial charge is 0.507 e. The van der Waals surface area contributed by atoms with Gasteiger partial charge in [-0.05, 0) is 24.1 Å². The molecule has 0 saturated heterocycles. The third-order valence-corrected chi connectivity index (χ3v) is 2.44. The molecule has 1 atom stereocenters. The molecule has 0 spiro atoms. The fourth-order valence-corrected chi connectivity index (χ4v) is 1.22. The number of hydrogen-bond acceptors (Lipinski definition) is 3. The van der Waals surface area contributed by atoms with Gasteiger partial charge in [-0.1, -0.05) is 13.8 Å². The third-order valence-electron chi connectivity index (χ3n) is 2.44. The molecular weight excluding hydrogens is 225 g/mol. The number of carbonyl (C=O) groups excluding carboxylic acids is 1. The van der Waals surface area contributed by atoms with Gasteiger partial charge >= 0.3 is 0 Å². The molecular formula is C12H16FNO3. The number of aromatic hydroxyl groups is 1. The number of aliphatic hydroxyl groups is 1. The highest BCUT2D eigenvalue weighted by atomic mass is 19.1. The van der Waals surface area contributed by atoms with Crippen molar-refractivity contribution in [3.05, 3.63) is 29.6 Å². The molecule has 0 aliphatic carbocycles. The molecule has 3 N–H and O–H groups in total. The van der Waals surface area contributed by atoms with Gasteiger partial charge in [-0.15, -0.1) is 0 Å². The fraction of sp³-hybridized carbons (Fsp3) is 0.417. The summed E-state index contributed by atoms with van der Waals surface area (Å²) in [6, 6.07) is 3.13. The second kappa shape index (κ2) is 5.63. The average molecular weight is 241 g/mol. The van der Waals surface area contributed by atoms with Gasteiger partial charge in [0.2, 0.25) is 0 Å². The van der Waals surface area contributed by atoms with Crippen LogP contribution in [0.4, 0.5) is 4.39 Å². The van der Waals surface area contributed by atoms with Crippen LogP contribution in [-0.2, 0) is 0 Å². The molecule has 1 rings (SSSR count). The molecule has 0 bridgehead atoms. The predicted molar refractivity (Wildman–Crippen MR) is 61.2 cm³/mol. The van der Waals surface area contributed by atoms with E-state index in [-0.39, 0.29) is 23.8 Å². The highest BCUT2D eigenvalue weighted by Crippen LogP contribution is 2.17. The summed E-state index contributed by atoms with van der Waals surface area (Å²) in [6.45, 7) is 3.69. The van der Waals surface area contributed by atoms with Crippen LogP contribution in [0.25, 0.3) is 0 Å². The quantitative estimate of drug-likeness (QED) is 0.743. The Morgan fingerprint density at radius 1 is 1.47 bits per heavy atom. The Kier molecular flexibility index (Phi) is 4.45. The minimum atomic E-state index is -0.672. The van der Waals surface area contributed by atoms with E-state index in [4.69, 9.17) is 0 Å². The summed E-state index contributed by atoms with van der Waals surface area (Å²) < 4.78 is 12.9. The molecule has 5 heteroatoms. The summed E-state index contributed by atoms with van der Waals surface area (Å²) >= 11 is 0. The molecule has 1 unspecified atom stereocenters. The van der Waals surface area contributed by atoms with E-state index in [9.17, 15) is 19.4 Å². The Morgan fingerprint density at radius 2 is 2.12 bits per heavy atom. The van der Waals surface area contributed by atoms with Crippen LogP contribution in [0.5, 0.6) is 5.75 Å². The lowest BCUT2D eigenvalue weighted by Crippen LogP contribution is -2.34. The lowest BCUT2D eigenvalue weighted by Gasteiger charge is -2.15. The minimum Gasteiger partial charge on any atom is -0.507 e. The SMILES string of the molecule is CC(C)C(O)CNC(=O)c1cc(F)ccc1O. The molecule has 0 aliphatic rings. The summed E-state index contributed by atoms with van der Waals surface area (Å²) in [6.07, 6.45) is -0.672. The van der Waals surface area contributed by atoms with E-state index in [2.05, 4.69) is 5.32 Å². The summed E-state index contributed by atoms with van der Waals surface area (Å²) in [5, 5.41) is 21.3. The van der Waals surface area contributed by atoms with Crippen LogP contribution in [-0.4, -0.2) is 28.8 Å². The van der Waals surface area contributed by atoms with E-state index in [1.807, 2.05) is 13.8 Å². The van der Waals surface area contributed by atoms with E-state index < -0.39 is 17.8 Å². The number of aliphatic hydroxyl groups excluding tert-OH is 1. The normalized spacial score (nSPS) is 12.5. The van der Waals surface area contributed by atoms with Gasteiger partial charge in [-0.2, -0.15) is 0 Å². The first-order chi connectivity index (χ1) is 7.91. The lowest BCUT2D eigenvalue weighted by atomic mass is 10.1. The zero-order chi connectivity index (χ0) is 13.0. The molecule has 0 aromatic heterocycles. The third kappa shape index (κ3) is 3.71. The van der Waals surface area contributed by atoms with Crippen LogP contribution in [0, 0.1) is 11.7 Å². The van der Waals surface area contributed by atoms with Gasteiger partial charge in [0, 0.05) is 6.54 Å². The van der Waals surface area contributed by atoms with Crippen molar-refractivity contribution >= 4 is 5.91 Å². The number of carbonyl (C=O) groups is 1. The number of nitrogens with one attached hydrogen (secondary N) is 1. The van der Waals surface area contributed by atoms with E-state index in [0.29, 0.717) is 0 Å². The van der Waals surface area contributed by atoms with Crippen molar-refractivity contribution in [1.82, 2.24) is 5.32 Å². The maximum absolute atomic E-state index is 12.9. The highest BCUT2D eigenvalue weighted by Gasteiger charge is 2.15. The predicted octanol–water partition coefficient (Wildman–Crippen LogP) is 1.28. The van der Waals surface area contributed by atoms with Crippen LogP contribution in [0.2, 0.25) is 0 Å². The second-order valence-corrected chi connectivity index (χ2v) is 4.18. The maximum Gasteiger partial charge on any atom is 0.255 e. The van der Waals surface area contributed by atoms with Crippen molar-refractivity contribution in [2.75, 3.05) is 6.54 Å². The zero-order valence-corrected chi connectivity index (χ0v) is 9.77. The van der Waals surface area contributed by atoms with Gasteiger partial charge in [0.25, 0.3) is 5.91 Å². The molecule has 1 amide bonds. The van der Waals surface area contributed by atoms with E-state index >= 15 is 0 Å². The Morgan fingerprint density at radius 3 is 2.71 bits per heavy atom. The molecule has 94 valence electrons. The second-order valence-electron chi connectivity index (χ2n) is 4.18. The monoisotopic (exact) mass is 241 g/mol. The zero-order valence-electron chi connectivity index (χ0n) is 9.77. The minimum absolute atomic E-state index is 0.0106. The summed E-state index contributed by atoms with van der Waals surface area (Å²) in [5.74, 6) is -1.49. The van der Waals surface area contributed by atoms with E-state index in [1.54, 1.807) is 0 Å². The highest BCUT2D eigenvalue weighted by molar-refractivity contribution is 5.96. The number of hydrogen-bond donors (Lipinski definition) is 3. The van der Waals surface area contributed by atoms with Crippen molar-refractivity contribution in [3.63, 3.8) is 0 Å². The van der Waals surface area contributed by atoms with Crippen molar-refractivity contribution in [2.45, 2.75) is 20.0 Å². The number of amides is 1. The standard InChI is InChI=1S/C12H16FNO3/c1-7(2)11(16)6-14-12(17)9-5-8(13)3-4-10(9)15/h3-5,7,11,15-16H,6H2,1-2H3,(H,14,17). The van der Waals surface area contributed by atoms with Crippen molar-refractivity contribution in [1.29, 1.82) is 0 Å². The molecule has 0 fully saturated rings. The van der Waals surface area contributed by atoms with Crippen LogP contribution in [0.3, 0.4) is 0 Å². The van der Waals surface area contributed by atoms with Gasteiger partial charge in [0.15, 0.2) is 0 Å². The molecule has 4 nitrogen and oxygen atoms in total. The smallest absolute Gasteiger partial charge is 0.255 e. The van der Waals surface area contributed by atoms with Crippen LogP contribution in [0.15, 0.2) is 18.2 Å². The molecule has 0 heterocycles. The Balaban J connectivity index is 2.67. The van der Waals surface area contributed by atoms with Gasteiger partial charge in [-0.3, -0.25) is 4.79 Å². The first kappa shape index (κ1) is 13.4. The molecule has 17 heavy (non-hydrogen) atoms. The maximum atomic E-state index is 12.9. The van der Waals surface area contributed by atoms with Crippen LogP contribution in [0.1, 0.15) is 24.2 Å². The number of benzene rings is 1. The Bertz CT molecular complexity index is 407. The van der Waals surface area contributed by atoms with Crippen LogP contribution < -0.4 is 5.32 Å². The average Bonchev–Trinajstić information content (AvgIpc) is 2.28. The van der Waals surface area contributed by atoms with E-state index in [0.717, 1.165) is 18.2 Å². The molecule has 0 radical (unpaired) electrons. The van der Waals surface area contributed by atoms with Crippen LogP contribution >= 0.6 is 0 Å². The Hall–Kier alpha value is -1.62. The van der Waals surface area contributed by atoms with Gasteiger partial charge < -0.3 is 15.5 Å². The fourth-order valence-electron chi connectivity index (χ4n) is 1.22. The van der Waals surface area contributed by atoms with Crippen molar-refractivity contribution in [2.24, 2.45) is 5.92 Å². The summed E-state index contributed by atoms with van der Waals surface area (Å²) in [7, 11) is 0. The number of phenolic OH excluding ortho intramolecular Hbond substituents is 1. The van der Waals surface area contributed by atoms with Gasteiger partial charge in [-0.25, -0.2) is 4.39 Å². The van der Waals surface area contributed by atoms with Crippen molar-refractivity contribution < 1.29 is 19.4 Å². The van der Waals surface area contributed by atoms with E-state index in [1.165, 1.54) is 0 Å². The number of rotatable bonds is 4. The molecule has 1 aromatic rings. The Labute approximate surface area is 99.1 Å². The first-order valence-corrected chi connectivity index (χ1v) is 5.36. The molecule has 0 saturated carbocycles. The topological polar surface area (TPSA) is 69.6 Å². The van der Waals surface area contributed by atoms with Gasteiger partial charge in [0.1, 0.15) is 11.6 Å². The molecule has 1 aromatic carbocycles. The number of halogens is 1. The lowest BCUT2D eigenvalue weighted by molar-refractivity contribution is 0.0869. The van der Waals surface area contributed by atoms with Crippen molar-refractivity contribution in [3.8, 4) is 5.75 Å². The number of phenols is 1.